The molecule has 1 aromatic carbocycles. The van der Waals surface area contributed by atoms with Crippen LogP contribution >= 0.6 is 11.6 Å². The molecule has 0 fully saturated rings. The molecule has 0 radical (unpaired) electrons. The molecule has 112 valence electrons. The van der Waals surface area contributed by atoms with Crippen molar-refractivity contribution in [2.45, 2.75) is 26.3 Å². The molecule has 0 atom stereocenters. The van der Waals surface area contributed by atoms with Gasteiger partial charge in [0, 0.05) is 17.9 Å². The van der Waals surface area contributed by atoms with Crippen LogP contribution in [0.1, 0.15) is 20.8 Å². The molecule has 2 N–H and O–H groups in total. The van der Waals surface area contributed by atoms with E-state index in [0.717, 1.165) is 0 Å². The van der Waals surface area contributed by atoms with Crippen LogP contribution in [0.5, 0.6) is 0 Å². The van der Waals surface area contributed by atoms with E-state index in [2.05, 4.69) is 15.7 Å². The third-order valence-corrected chi connectivity index (χ3v) is 3.08. The van der Waals surface area contributed by atoms with Gasteiger partial charge >= 0.3 is 0 Å². The Labute approximate surface area is 129 Å². The fraction of sp³-hybridized carbons (Fsp3) is 0.333. The Hall–Kier alpha value is -1.85. The van der Waals surface area contributed by atoms with Gasteiger partial charge in [0.05, 0.1) is 17.3 Å². The first-order chi connectivity index (χ1) is 9.87. The van der Waals surface area contributed by atoms with Crippen molar-refractivity contribution in [3.8, 4) is 5.69 Å². The highest BCUT2D eigenvalue weighted by molar-refractivity contribution is 6.33. The normalized spacial score (nSPS) is 11.4. The molecule has 0 aliphatic rings. The van der Waals surface area contributed by atoms with Crippen LogP contribution in [0.15, 0.2) is 36.7 Å². The summed E-state index contributed by atoms with van der Waals surface area (Å²) in [6.07, 6.45) is 3.44. The predicted molar refractivity (Wildman–Crippen MR) is 85.0 cm³/mol. The van der Waals surface area contributed by atoms with Crippen molar-refractivity contribution in [2.24, 2.45) is 0 Å². The van der Waals surface area contributed by atoms with Gasteiger partial charge in [-0.1, -0.05) is 17.7 Å². The number of rotatable bonds is 4. The molecule has 0 saturated heterocycles. The first kappa shape index (κ1) is 15.5. The molecular formula is C15H19ClN4O. The van der Waals surface area contributed by atoms with Gasteiger partial charge in [0.15, 0.2) is 0 Å². The molecule has 2 rings (SSSR count). The fourth-order valence-corrected chi connectivity index (χ4v) is 2.05. The van der Waals surface area contributed by atoms with Crippen LogP contribution in [0.3, 0.4) is 0 Å². The summed E-state index contributed by atoms with van der Waals surface area (Å²) >= 11 is 6.23. The van der Waals surface area contributed by atoms with E-state index in [9.17, 15) is 4.79 Å². The molecule has 21 heavy (non-hydrogen) atoms. The summed E-state index contributed by atoms with van der Waals surface area (Å²) in [6, 6.07) is 7.16. The molecule has 0 saturated carbocycles. The Balaban J connectivity index is 2.17. The maximum atomic E-state index is 12.0. The predicted octanol–water partition coefficient (Wildman–Crippen LogP) is 2.85. The Morgan fingerprint density at radius 1 is 1.33 bits per heavy atom. The summed E-state index contributed by atoms with van der Waals surface area (Å²) in [4.78, 5) is 12.0. The summed E-state index contributed by atoms with van der Waals surface area (Å²) in [5.74, 6) is -0.124. The van der Waals surface area contributed by atoms with Gasteiger partial charge in [-0.15, -0.1) is 0 Å². The number of carbonyl (C=O) groups excluding carboxylic acids is 1. The number of nitrogens with zero attached hydrogens (tertiary/aromatic N) is 2. The van der Waals surface area contributed by atoms with Crippen LogP contribution < -0.4 is 10.6 Å². The average Bonchev–Trinajstić information content (AvgIpc) is 2.89. The monoisotopic (exact) mass is 306 g/mol. The second-order valence-electron chi connectivity index (χ2n) is 5.74. The van der Waals surface area contributed by atoms with Crippen molar-refractivity contribution >= 4 is 23.2 Å². The number of aromatic nitrogens is 2. The van der Waals surface area contributed by atoms with Gasteiger partial charge in [-0.3, -0.25) is 4.79 Å². The van der Waals surface area contributed by atoms with Crippen LogP contribution in [0.25, 0.3) is 5.69 Å². The number of amides is 1. The van der Waals surface area contributed by atoms with Crippen molar-refractivity contribution in [3.63, 3.8) is 0 Å². The minimum atomic E-state index is -0.124. The molecule has 6 heteroatoms. The lowest BCUT2D eigenvalue weighted by Crippen LogP contribution is -2.41. The molecule has 5 nitrogen and oxygen atoms in total. The van der Waals surface area contributed by atoms with Crippen LogP contribution in [-0.2, 0) is 4.79 Å². The van der Waals surface area contributed by atoms with E-state index in [1.807, 2.05) is 20.8 Å². The highest BCUT2D eigenvalue weighted by Gasteiger charge is 2.14. The Bertz CT molecular complexity index is 617. The maximum Gasteiger partial charge on any atom is 0.238 e. The van der Waals surface area contributed by atoms with Crippen molar-refractivity contribution in [1.29, 1.82) is 0 Å². The lowest BCUT2D eigenvalue weighted by molar-refractivity contribution is -0.115. The summed E-state index contributed by atoms with van der Waals surface area (Å²) in [5.41, 5.74) is 1.18. The highest BCUT2D eigenvalue weighted by Crippen LogP contribution is 2.27. The smallest absolute Gasteiger partial charge is 0.238 e. The fourth-order valence-electron chi connectivity index (χ4n) is 1.79. The highest BCUT2D eigenvalue weighted by atomic mass is 35.5. The zero-order chi connectivity index (χ0) is 15.5. The number of hydrogen-bond acceptors (Lipinski definition) is 3. The summed E-state index contributed by atoms with van der Waals surface area (Å²) < 4.78 is 1.63. The number of benzene rings is 1. The third kappa shape index (κ3) is 4.31. The van der Waals surface area contributed by atoms with Crippen LogP contribution in [0.2, 0.25) is 5.02 Å². The van der Waals surface area contributed by atoms with Crippen LogP contribution in [0, 0.1) is 0 Å². The molecule has 0 spiro atoms. The van der Waals surface area contributed by atoms with Crippen molar-refractivity contribution in [3.05, 3.63) is 41.7 Å². The van der Waals surface area contributed by atoms with Gasteiger partial charge in [-0.05, 0) is 39.0 Å². The van der Waals surface area contributed by atoms with Gasteiger partial charge in [-0.25, -0.2) is 4.68 Å². The van der Waals surface area contributed by atoms with E-state index in [1.54, 1.807) is 41.3 Å². The van der Waals surface area contributed by atoms with E-state index in [-0.39, 0.29) is 18.0 Å². The summed E-state index contributed by atoms with van der Waals surface area (Å²) in [5, 5.41) is 10.7. The number of anilines is 1. The van der Waals surface area contributed by atoms with Gasteiger partial charge in [0.25, 0.3) is 0 Å². The van der Waals surface area contributed by atoms with Crippen LogP contribution in [0.4, 0.5) is 5.69 Å². The standard InChI is InChI=1S/C15H19ClN4O/c1-15(2,3)17-10-13(21)19-12-7-4-6-11(16)14(12)20-9-5-8-18-20/h4-9,17H,10H2,1-3H3,(H,19,21). The number of nitrogens with one attached hydrogen (secondary N) is 2. The second-order valence-corrected chi connectivity index (χ2v) is 6.15. The Kier molecular flexibility index (Phi) is 4.65. The molecule has 2 aromatic rings. The van der Waals surface area contributed by atoms with E-state index < -0.39 is 0 Å². The third-order valence-electron chi connectivity index (χ3n) is 2.77. The van der Waals surface area contributed by atoms with E-state index in [1.165, 1.54) is 0 Å². The number of carbonyl (C=O) groups is 1. The maximum absolute atomic E-state index is 12.0. The molecule has 0 unspecified atom stereocenters. The molecule has 0 aliphatic carbocycles. The molecule has 1 heterocycles. The van der Waals surface area contributed by atoms with Gasteiger partial charge in [0.2, 0.25) is 5.91 Å². The van der Waals surface area contributed by atoms with Gasteiger partial charge in [-0.2, -0.15) is 5.10 Å². The Morgan fingerprint density at radius 2 is 2.10 bits per heavy atom. The van der Waals surface area contributed by atoms with Crippen molar-refractivity contribution in [2.75, 3.05) is 11.9 Å². The first-order valence-electron chi connectivity index (χ1n) is 6.70. The molecule has 1 amide bonds. The number of hydrogen-bond donors (Lipinski definition) is 2. The summed E-state index contributed by atoms with van der Waals surface area (Å²) in [6.45, 7) is 6.26. The molecule has 1 aromatic heterocycles. The minimum absolute atomic E-state index is 0.115. The molecule has 0 bridgehead atoms. The second kappa shape index (κ2) is 6.28. The summed E-state index contributed by atoms with van der Waals surface area (Å²) in [7, 11) is 0. The topological polar surface area (TPSA) is 59.0 Å². The van der Waals surface area contributed by atoms with E-state index >= 15 is 0 Å². The largest absolute Gasteiger partial charge is 0.323 e. The Morgan fingerprint density at radius 3 is 2.71 bits per heavy atom. The van der Waals surface area contributed by atoms with Gasteiger partial charge < -0.3 is 10.6 Å². The van der Waals surface area contributed by atoms with E-state index in [0.29, 0.717) is 16.4 Å². The lowest BCUT2D eigenvalue weighted by Gasteiger charge is -2.20. The minimum Gasteiger partial charge on any atom is -0.323 e. The zero-order valence-electron chi connectivity index (χ0n) is 12.4. The SMILES string of the molecule is CC(C)(C)NCC(=O)Nc1cccc(Cl)c1-n1cccn1. The van der Waals surface area contributed by atoms with Crippen molar-refractivity contribution in [1.82, 2.24) is 15.1 Å². The van der Waals surface area contributed by atoms with Crippen LogP contribution in [-0.4, -0.2) is 27.8 Å². The lowest BCUT2D eigenvalue weighted by atomic mass is 10.1. The van der Waals surface area contributed by atoms with Gasteiger partial charge in [0.1, 0.15) is 5.69 Å². The zero-order valence-corrected chi connectivity index (χ0v) is 13.1. The number of para-hydroxylation sites is 1. The van der Waals surface area contributed by atoms with E-state index in [4.69, 9.17) is 11.6 Å². The molecule has 0 aliphatic heterocycles. The number of halogens is 1. The average molecular weight is 307 g/mol. The molecular weight excluding hydrogens is 288 g/mol. The first-order valence-corrected chi connectivity index (χ1v) is 7.08. The van der Waals surface area contributed by atoms with Crippen molar-refractivity contribution < 1.29 is 4.79 Å². The quantitative estimate of drug-likeness (QED) is 0.913.